The van der Waals surface area contributed by atoms with Gasteiger partial charge in [0.15, 0.2) is 0 Å². The Labute approximate surface area is 184 Å². The average Bonchev–Trinajstić information content (AvgIpc) is 3.25. The molecule has 3 aromatic rings. The van der Waals surface area contributed by atoms with Crippen LogP contribution in [0.2, 0.25) is 0 Å². The summed E-state index contributed by atoms with van der Waals surface area (Å²) in [5, 5.41) is 0. The molecule has 0 aliphatic carbocycles. The fraction of sp³-hybridized carbons (Fsp3) is 0.444. The Bertz CT molecular complexity index is 858. The van der Waals surface area contributed by atoms with Gasteiger partial charge in [0.1, 0.15) is 5.82 Å². The first-order valence-corrected chi connectivity index (χ1v) is 11.3. The van der Waals surface area contributed by atoms with Crippen molar-refractivity contribution in [2.75, 3.05) is 19.0 Å². The van der Waals surface area contributed by atoms with Crippen LogP contribution in [-0.2, 0) is 5.41 Å². The van der Waals surface area contributed by atoms with Crippen LogP contribution in [0, 0.1) is 0 Å². The second kappa shape index (κ2) is 12.2. The quantitative estimate of drug-likeness (QED) is 0.431. The molecule has 0 bridgehead atoms. The Hall–Kier alpha value is -2.55. The maximum Gasteiger partial charge on any atom is 0.144 e. The van der Waals surface area contributed by atoms with Crippen molar-refractivity contribution in [1.29, 1.82) is 0 Å². The van der Waals surface area contributed by atoms with E-state index in [2.05, 4.69) is 112 Å². The van der Waals surface area contributed by atoms with Gasteiger partial charge < -0.3 is 4.90 Å². The van der Waals surface area contributed by atoms with Crippen molar-refractivity contribution in [3.05, 3.63) is 66.5 Å². The van der Waals surface area contributed by atoms with E-state index < -0.39 is 0 Å². The molecule has 0 fully saturated rings. The molecule has 164 valence electrons. The lowest BCUT2D eigenvalue weighted by molar-refractivity contribution is 0.507. The first kappa shape index (κ1) is 25.5. The molecule has 0 radical (unpaired) electrons. The highest BCUT2D eigenvalue weighted by Gasteiger charge is 2.23. The number of imidazole rings is 1. The van der Waals surface area contributed by atoms with Crippen LogP contribution < -0.4 is 4.90 Å². The molecule has 0 spiro atoms. The maximum absolute atomic E-state index is 4.68. The smallest absolute Gasteiger partial charge is 0.144 e. The van der Waals surface area contributed by atoms with E-state index in [9.17, 15) is 0 Å². The van der Waals surface area contributed by atoms with Crippen LogP contribution in [-0.4, -0.2) is 23.6 Å². The van der Waals surface area contributed by atoms with Crippen molar-refractivity contribution < 1.29 is 0 Å². The molecule has 0 amide bonds. The van der Waals surface area contributed by atoms with E-state index in [1.807, 2.05) is 26.2 Å². The minimum atomic E-state index is 0.113. The molecule has 3 nitrogen and oxygen atoms in total. The van der Waals surface area contributed by atoms with Crippen LogP contribution in [0.15, 0.2) is 60.9 Å². The number of hydrogen-bond donors (Lipinski definition) is 0. The molecule has 30 heavy (non-hydrogen) atoms. The second-order valence-corrected chi connectivity index (χ2v) is 8.02. The Morgan fingerprint density at radius 3 is 2.00 bits per heavy atom. The van der Waals surface area contributed by atoms with Gasteiger partial charge in [-0.1, -0.05) is 79.2 Å². The van der Waals surface area contributed by atoms with E-state index in [4.69, 9.17) is 0 Å². The zero-order chi connectivity index (χ0) is 22.7. The highest BCUT2D eigenvalue weighted by atomic mass is 15.1. The van der Waals surface area contributed by atoms with E-state index in [-0.39, 0.29) is 5.41 Å². The standard InChI is InChI=1S/C22H27N3.C3H8.C2H6/c1-6-22(2,3)20-10-8-7-9-19(20)21-23-15-16-25(21)18-13-11-17(12-14-18)24(4)5;1-3-2;1-2/h7-16H,6H2,1-5H3;3H2,1-2H3;1-2H3. The lowest BCUT2D eigenvalue weighted by atomic mass is 9.79. The average molecular weight is 408 g/mol. The molecule has 0 saturated heterocycles. The van der Waals surface area contributed by atoms with E-state index >= 15 is 0 Å². The zero-order valence-corrected chi connectivity index (χ0v) is 20.5. The third-order valence-corrected chi connectivity index (χ3v) is 5.07. The SMILES string of the molecule is CC.CCC.CCC(C)(C)c1ccccc1-c1nccn1-c1ccc(N(C)C)cc1. The molecule has 1 aromatic heterocycles. The largest absolute Gasteiger partial charge is 0.378 e. The van der Waals surface area contributed by atoms with Crippen molar-refractivity contribution in [1.82, 2.24) is 9.55 Å². The van der Waals surface area contributed by atoms with Crippen molar-refractivity contribution in [2.45, 2.75) is 66.7 Å². The van der Waals surface area contributed by atoms with Crippen LogP contribution in [0.25, 0.3) is 17.1 Å². The molecule has 0 unspecified atom stereocenters. The van der Waals surface area contributed by atoms with E-state index in [0.29, 0.717) is 0 Å². The lowest BCUT2D eigenvalue weighted by Gasteiger charge is -2.26. The normalized spacial score (nSPS) is 10.4. The van der Waals surface area contributed by atoms with Gasteiger partial charge in [-0.15, -0.1) is 0 Å². The van der Waals surface area contributed by atoms with E-state index in [1.54, 1.807) is 0 Å². The molecule has 0 aliphatic heterocycles. The van der Waals surface area contributed by atoms with Crippen LogP contribution >= 0.6 is 0 Å². The lowest BCUT2D eigenvalue weighted by Crippen LogP contribution is -2.17. The number of hydrogen-bond acceptors (Lipinski definition) is 2. The fourth-order valence-corrected chi connectivity index (χ4v) is 3.08. The topological polar surface area (TPSA) is 21.1 Å². The van der Waals surface area contributed by atoms with Gasteiger partial charge in [0.2, 0.25) is 0 Å². The van der Waals surface area contributed by atoms with Gasteiger partial charge in [-0.05, 0) is 41.7 Å². The number of rotatable bonds is 5. The molecular formula is C27H41N3. The third-order valence-electron chi connectivity index (χ3n) is 5.07. The Morgan fingerprint density at radius 2 is 1.47 bits per heavy atom. The van der Waals surface area contributed by atoms with Crippen molar-refractivity contribution in [2.24, 2.45) is 0 Å². The number of anilines is 1. The molecule has 0 aliphatic rings. The highest BCUT2D eigenvalue weighted by Crippen LogP contribution is 2.35. The summed E-state index contributed by atoms with van der Waals surface area (Å²) in [5.41, 5.74) is 4.98. The number of benzene rings is 2. The predicted molar refractivity (Wildman–Crippen MR) is 134 cm³/mol. The Balaban J connectivity index is 0.000000826. The maximum atomic E-state index is 4.68. The summed E-state index contributed by atoms with van der Waals surface area (Å²) in [6.07, 6.45) is 6.25. The van der Waals surface area contributed by atoms with Crippen LogP contribution in [0.3, 0.4) is 0 Å². The minimum Gasteiger partial charge on any atom is -0.378 e. The van der Waals surface area contributed by atoms with Gasteiger partial charge in [-0.2, -0.15) is 0 Å². The first-order valence-electron chi connectivity index (χ1n) is 11.3. The van der Waals surface area contributed by atoms with Crippen LogP contribution in [0.4, 0.5) is 5.69 Å². The van der Waals surface area contributed by atoms with Crippen LogP contribution in [0.5, 0.6) is 0 Å². The molecule has 3 heteroatoms. The van der Waals surface area contributed by atoms with Gasteiger partial charge >= 0.3 is 0 Å². The summed E-state index contributed by atoms with van der Waals surface area (Å²) in [5.74, 6) is 0.995. The molecular weight excluding hydrogens is 366 g/mol. The zero-order valence-electron chi connectivity index (χ0n) is 20.5. The molecule has 1 heterocycles. The molecule has 3 rings (SSSR count). The Kier molecular flexibility index (Phi) is 10.4. The summed E-state index contributed by atoms with van der Waals surface area (Å²) in [6.45, 7) is 15.1. The van der Waals surface area contributed by atoms with Crippen molar-refractivity contribution in [3.8, 4) is 17.1 Å². The molecule has 0 N–H and O–H groups in total. The minimum absolute atomic E-state index is 0.113. The summed E-state index contributed by atoms with van der Waals surface area (Å²) in [4.78, 5) is 6.79. The van der Waals surface area contributed by atoms with Gasteiger partial charge in [-0.25, -0.2) is 4.98 Å². The Morgan fingerprint density at radius 1 is 0.900 bits per heavy atom. The van der Waals surface area contributed by atoms with Gasteiger partial charge in [0.25, 0.3) is 0 Å². The second-order valence-electron chi connectivity index (χ2n) is 8.02. The van der Waals surface area contributed by atoms with Crippen LogP contribution in [0.1, 0.15) is 66.9 Å². The van der Waals surface area contributed by atoms with Crippen molar-refractivity contribution >= 4 is 5.69 Å². The van der Waals surface area contributed by atoms with E-state index in [0.717, 1.165) is 17.9 Å². The first-order chi connectivity index (χ1) is 14.4. The van der Waals surface area contributed by atoms with Gasteiger partial charge in [0.05, 0.1) is 0 Å². The summed E-state index contributed by atoms with van der Waals surface area (Å²) >= 11 is 0. The third kappa shape index (κ3) is 6.22. The van der Waals surface area contributed by atoms with Gasteiger partial charge in [0, 0.05) is 43.4 Å². The van der Waals surface area contributed by atoms with Crippen molar-refractivity contribution in [3.63, 3.8) is 0 Å². The molecule has 2 aromatic carbocycles. The number of aromatic nitrogens is 2. The van der Waals surface area contributed by atoms with Gasteiger partial charge in [-0.3, -0.25) is 4.57 Å². The monoisotopic (exact) mass is 407 g/mol. The van der Waals surface area contributed by atoms with E-state index in [1.165, 1.54) is 23.2 Å². The summed E-state index contributed by atoms with van der Waals surface area (Å²) in [7, 11) is 4.11. The molecule has 0 atom stereocenters. The highest BCUT2D eigenvalue weighted by molar-refractivity contribution is 5.65. The molecule has 0 saturated carbocycles. The summed E-state index contributed by atoms with van der Waals surface area (Å²) in [6, 6.07) is 17.2. The predicted octanol–water partition coefficient (Wildman–Crippen LogP) is 7.74. The fourth-order valence-electron chi connectivity index (χ4n) is 3.08. The summed E-state index contributed by atoms with van der Waals surface area (Å²) < 4.78 is 2.17. The number of nitrogens with zero attached hydrogens (tertiary/aromatic N) is 3.